The Hall–Kier alpha value is -4.44. The molecule has 0 aliphatic heterocycles. The van der Waals surface area contributed by atoms with Crippen LogP contribution in [0.4, 0.5) is 0 Å². The highest BCUT2D eigenvalue weighted by Gasteiger charge is 2.19. The van der Waals surface area contributed by atoms with Crippen LogP contribution in [-0.4, -0.2) is 26.2 Å². The molecule has 34 heavy (non-hydrogen) atoms. The van der Waals surface area contributed by atoms with Gasteiger partial charge < -0.3 is 9.47 Å². The van der Waals surface area contributed by atoms with E-state index in [0.29, 0.717) is 11.1 Å². The third-order valence-corrected chi connectivity index (χ3v) is 6.10. The molecule has 0 bridgehead atoms. The van der Waals surface area contributed by atoms with Gasteiger partial charge in [-0.1, -0.05) is 72.8 Å². The Labute approximate surface area is 197 Å². The van der Waals surface area contributed by atoms with Gasteiger partial charge in [-0.2, -0.15) is 0 Å². The molecule has 0 fully saturated rings. The number of fused-ring (bicyclic) bond motifs is 3. The standard InChI is InChI=1S/C30H22O4/c1-33-29(31)21-14-12-20(13-15-21)27-25-11-7-6-10-23(25)24-17-16-22(30(32)34-2)18-26(24)28(27)19-8-4-3-5-9-19/h3-18H,1-2H3. The largest absolute Gasteiger partial charge is 0.465 e. The maximum Gasteiger partial charge on any atom is 0.337 e. The van der Waals surface area contributed by atoms with Gasteiger partial charge in [0.2, 0.25) is 0 Å². The van der Waals surface area contributed by atoms with Crippen LogP contribution in [0.2, 0.25) is 0 Å². The van der Waals surface area contributed by atoms with Crippen LogP contribution >= 0.6 is 0 Å². The smallest absolute Gasteiger partial charge is 0.337 e. The first kappa shape index (κ1) is 21.4. The predicted octanol–water partition coefficient (Wildman–Crippen LogP) is 6.90. The summed E-state index contributed by atoms with van der Waals surface area (Å²) in [6.45, 7) is 0. The molecule has 0 saturated heterocycles. The number of carbonyl (C=O) groups is 2. The minimum Gasteiger partial charge on any atom is -0.465 e. The maximum absolute atomic E-state index is 12.4. The molecule has 5 rings (SSSR count). The molecular formula is C30H22O4. The van der Waals surface area contributed by atoms with Crippen molar-refractivity contribution in [1.29, 1.82) is 0 Å². The van der Waals surface area contributed by atoms with E-state index in [2.05, 4.69) is 24.3 Å². The summed E-state index contributed by atoms with van der Waals surface area (Å²) < 4.78 is 9.86. The third kappa shape index (κ3) is 3.59. The zero-order chi connectivity index (χ0) is 23.7. The van der Waals surface area contributed by atoms with Gasteiger partial charge in [0.1, 0.15) is 0 Å². The predicted molar refractivity (Wildman–Crippen MR) is 135 cm³/mol. The number of ether oxygens (including phenoxy) is 2. The molecule has 0 radical (unpaired) electrons. The summed E-state index contributed by atoms with van der Waals surface area (Å²) in [5, 5.41) is 4.18. The monoisotopic (exact) mass is 446 g/mol. The van der Waals surface area contributed by atoms with E-state index in [1.54, 1.807) is 18.2 Å². The lowest BCUT2D eigenvalue weighted by Gasteiger charge is -2.19. The summed E-state index contributed by atoms with van der Waals surface area (Å²) in [6.07, 6.45) is 0. The van der Waals surface area contributed by atoms with Crippen LogP contribution in [0.15, 0.2) is 97.1 Å². The van der Waals surface area contributed by atoms with E-state index >= 15 is 0 Å². The lowest BCUT2D eigenvalue weighted by atomic mass is 9.84. The van der Waals surface area contributed by atoms with Crippen LogP contribution in [0.25, 0.3) is 43.8 Å². The molecule has 0 amide bonds. The van der Waals surface area contributed by atoms with Crippen LogP contribution < -0.4 is 0 Å². The van der Waals surface area contributed by atoms with Gasteiger partial charge in [0.15, 0.2) is 0 Å². The van der Waals surface area contributed by atoms with Crippen LogP contribution in [0.1, 0.15) is 20.7 Å². The fourth-order valence-electron chi connectivity index (χ4n) is 4.53. The molecular weight excluding hydrogens is 424 g/mol. The number of hydrogen-bond donors (Lipinski definition) is 0. The van der Waals surface area contributed by atoms with Gasteiger partial charge in [0.05, 0.1) is 25.3 Å². The van der Waals surface area contributed by atoms with E-state index in [4.69, 9.17) is 9.47 Å². The summed E-state index contributed by atoms with van der Waals surface area (Å²) in [4.78, 5) is 24.4. The zero-order valence-electron chi connectivity index (χ0n) is 18.9. The second-order valence-corrected chi connectivity index (χ2v) is 7.98. The van der Waals surface area contributed by atoms with E-state index in [0.717, 1.165) is 43.8 Å². The minimum atomic E-state index is -0.377. The Bertz CT molecular complexity index is 1530. The summed E-state index contributed by atoms with van der Waals surface area (Å²) in [7, 11) is 2.76. The fourth-order valence-corrected chi connectivity index (χ4v) is 4.53. The first-order valence-corrected chi connectivity index (χ1v) is 10.9. The van der Waals surface area contributed by atoms with Crippen LogP contribution in [0, 0.1) is 0 Å². The van der Waals surface area contributed by atoms with Crippen LogP contribution in [0.5, 0.6) is 0 Å². The highest BCUT2D eigenvalue weighted by atomic mass is 16.5. The molecule has 0 spiro atoms. The average Bonchev–Trinajstić information content (AvgIpc) is 2.91. The molecule has 166 valence electrons. The van der Waals surface area contributed by atoms with Crippen molar-refractivity contribution < 1.29 is 19.1 Å². The second-order valence-electron chi connectivity index (χ2n) is 7.98. The van der Waals surface area contributed by atoms with E-state index in [-0.39, 0.29) is 11.9 Å². The quantitative estimate of drug-likeness (QED) is 0.223. The molecule has 5 aromatic rings. The Balaban J connectivity index is 1.92. The van der Waals surface area contributed by atoms with Gasteiger partial charge in [-0.3, -0.25) is 0 Å². The van der Waals surface area contributed by atoms with Gasteiger partial charge in [0.25, 0.3) is 0 Å². The Morgan fingerprint density at radius 1 is 0.500 bits per heavy atom. The van der Waals surface area contributed by atoms with Crippen molar-refractivity contribution in [2.45, 2.75) is 0 Å². The minimum absolute atomic E-state index is 0.374. The number of rotatable bonds is 4. The lowest BCUT2D eigenvalue weighted by Crippen LogP contribution is -2.02. The molecule has 0 heterocycles. The Morgan fingerprint density at radius 2 is 1.00 bits per heavy atom. The molecule has 4 heteroatoms. The molecule has 4 nitrogen and oxygen atoms in total. The van der Waals surface area contributed by atoms with Crippen molar-refractivity contribution in [3.8, 4) is 22.3 Å². The first-order chi connectivity index (χ1) is 16.6. The number of carbonyl (C=O) groups excluding carboxylic acids is 2. The number of benzene rings is 5. The topological polar surface area (TPSA) is 52.6 Å². The zero-order valence-corrected chi connectivity index (χ0v) is 18.9. The SMILES string of the molecule is COC(=O)c1ccc(-c2c(-c3ccccc3)c3cc(C(=O)OC)ccc3c3ccccc23)cc1. The summed E-state index contributed by atoms with van der Waals surface area (Å²) >= 11 is 0. The lowest BCUT2D eigenvalue weighted by molar-refractivity contribution is 0.0592. The van der Waals surface area contributed by atoms with Crippen molar-refractivity contribution in [3.05, 3.63) is 108 Å². The van der Waals surface area contributed by atoms with Crippen molar-refractivity contribution in [1.82, 2.24) is 0 Å². The van der Waals surface area contributed by atoms with Crippen molar-refractivity contribution in [2.24, 2.45) is 0 Å². The number of esters is 2. The highest BCUT2D eigenvalue weighted by molar-refractivity contribution is 6.22. The third-order valence-electron chi connectivity index (χ3n) is 6.10. The molecule has 5 aromatic carbocycles. The van der Waals surface area contributed by atoms with Crippen LogP contribution in [-0.2, 0) is 9.47 Å². The highest BCUT2D eigenvalue weighted by Crippen LogP contribution is 2.44. The van der Waals surface area contributed by atoms with Gasteiger partial charge in [-0.05, 0) is 68.1 Å². The molecule has 0 aromatic heterocycles. The van der Waals surface area contributed by atoms with Crippen molar-refractivity contribution in [2.75, 3.05) is 14.2 Å². The summed E-state index contributed by atoms with van der Waals surface area (Å²) in [5.41, 5.74) is 5.04. The van der Waals surface area contributed by atoms with Crippen molar-refractivity contribution in [3.63, 3.8) is 0 Å². The second kappa shape index (κ2) is 8.83. The van der Waals surface area contributed by atoms with Gasteiger partial charge >= 0.3 is 11.9 Å². The fraction of sp³-hybridized carbons (Fsp3) is 0.0667. The van der Waals surface area contributed by atoms with Gasteiger partial charge in [0, 0.05) is 0 Å². The molecule has 0 N–H and O–H groups in total. The van der Waals surface area contributed by atoms with Crippen LogP contribution in [0.3, 0.4) is 0 Å². The van der Waals surface area contributed by atoms with Gasteiger partial charge in [-0.15, -0.1) is 0 Å². The number of methoxy groups -OCH3 is 2. The number of hydrogen-bond acceptors (Lipinski definition) is 4. The normalized spacial score (nSPS) is 10.9. The first-order valence-electron chi connectivity index (χ1n) is 10.9. The maximum atomic E-state index is 12.4. The Kier molecular flexibility index (Phi) is 5.56. The summed E-state index contributed by atoms with van der Waals surface area (Å²) in [5.74, 6) is -0.751. The van der Waals surface area contributed by atoms with E-state index in [1.165, 1.54) is 14.2 Å². The van der Waals surface area contributed by atoms with Gasteiger partial charge in [-0.25, -0.2) is 9.59 Å². The molecule has 0 saturated carbocycles. The van der Waals surface area contributed by atoms with Crippen molar-refractivity contribution >= 4 is 33.5 Å². The molecule has 0 aliphatic carbocycles. The van der Waals surface area contributed by atoms with E-state index in [1.807, 2.05) is 54.6 Å². The van der Waals surface area contributed by atoms with E-state index in [9.17, 15) is 9.59 Å². The molecule has 0 aliphatic rings. The molecule has 0 unspecified atom stereocenters. The molecule has 0 atom stereocenters. The average molecular weight is 447 g/mol. The summed E-state index contributed by atoms with van der Waals surface area (Å²) in [6, 6.07) is 31.5. The van der Waals surface area contributed by atoms with E-state index < -0.39 is 0 Å². The Morgan fingerprint density at radius 3 is 1.68 bits per heavy atom.